The van der Waals surface area contributed by atoms with E-state index in [1.54, 1.807) is 42.5 Å². The SMILES string of the molecule is O=C(O)COc1ccccc1/C=N/NC(=O)[C@H]1COc2ccccc2O1. The number of hydrogen-bond acceptors (Lipinski definition) is 6. The van der Waals surface area contributed by atoms with Crippen LogP contribution in [0.1, 0.15) is 5.56 Å². The van der Waals surface area contributed by atoms with Gasteiger partial charge in [0, 0.05) is 5.56 Å². The maximum Gasteiger partial charge on any atom is 0.341 e. The Morgan fingerprint density at radius 2 is 1.92 bits per heavy atom. The van der Waals surface area contributed by atoms with E-state index in [-0.39, 0.29) is 6.61 Å². The molecular weight excluding hydrogens is 340 g/mol. The van der Waals surface area contributed by atoms with Crippen molar-refractivity contribution in [3.8, 4) is 17.2 Å². The Morgan fingerprint density at radius 3 is 2.73 bits per heavy atom. The molecular formula is C18H16N2O6. The summed E-state index contributed by atoms with van der Waals surface area (Å²) in [6.45, 7) is -0.388. The molecule has 1 heterocycles. The van der Waals surface area contributed by atoms with E-state index >= 15 is 0 Å². The third-order valence-electron chi connectivity index (χ3n) is 3.45. The number of nitrogens with one attached hydrogen (secondary N) is 1. The van der Waals surface area contributed by atoms with Gasteiger partial charge in [0.25, 0.3) is 5.91 Å². The van der Waals surface area contributed by atoms with Crippen LogP contribution in [0.3, 0.4) is 0 Å². The van der Waals surface area contributed by atoms with Crippen LogP contribution in [-0.2, 0) is 9.59 Å². The molecule has 1 aliphatic rings. The summed E-state index contributed by atoms with van der Waals surface area (Å²) in [5, 5.41) is 12.6. The van der Waals surface area contributed by atoms with E-state index in [0.717, 1.165) is 0 Å². The van der Waals surface area contributed by atoms with Crippen molar-refractivity contribution in [3.63, 3.8) is 0 Å². The van der Waals surface area contributed by atoms with Crippen LogP contribution < -0.4 is 19.6 Å². The molecule has 1 atom stereocenters. The normalized spacial score (nSPS) is 15.5. The van der Waals surface area contributed by atoms with Crippen molar-refractivity contribution < 1.29 is 28.9 Å². The first-order valence-electron chi connectivity index (χ1n) is 7.78. The first-order valence-corrected chi connectivity index (χ1v) is 7.78. The highest BCUT2D eigenvalue weighted by Crippen LogP contribution is 2.30. The number of amides is 1. The molecule has 0 saturated heterocycles. The Balaban J connectivity index is 1.59. The van der Waals surface area contributed by atoms with E-state index in [2.05, 4.69) is 10.5 Å². The number of hydrogen-bond donors (Lipinski definition) is 2. The molecule has 1 aliphatic heterocycles. The second-order valence-electron chi connectivity index (χ2n) is 5.32. The van der Waals surface area contributed by atoms with Crippen molar-refractivity contribution >= 4 is 18.1 Å². The summed E-state index contributed by atoms with van der Waals surface area (Å²) in [4.78, 5) is 22.8. The minimum Gasteiger partial charge on any atom is -0.485 e. The topological polar surface area (TPSA) is 106 Å². The highest BCUT2D eigenvalue weighted by atomic mass is 16.6. The molecule has 1 amide bonds. The predicted octanol–water partition coefficient (Wildman–Crippen LogP) is 1.44. The Morgan fingerprint density at radius 1 is 1.19 bits per heavy atom. The zero-order valence-corrected chi connectivity index (χ0v) is 13.6. The van der Waals surface area contributed by atoms with E-state index in [1.807, 2.05) is 6.07 Å². The smallest absolute Gasteiger partial charge is 0.341 e. The summed E-state index contributed by atoms with van der Waals surface area (Å²) in [6, 6.07) is 13.8. The fourth-order valence-corrected chi connectivity index (χ4v) is 2.24. The Hall–Kier alpha value is -3.55. The molecule has 0 unspecified atom stereocenters. The second-order valence-corrected chi connectivity index (χ2v) is 5.32. The van der Waals surface area contributed by atoms with Crippen LogP contribution in [0.5, 0.6) is 17.2 Å². The van der Waals surface area contributed by atoms with E-state index < -0.39 is 24.6 Å². The fraction of sp³-hybridized carbons (Fsp3) is 0.167. The van der Waals surface area contributed by atoms with Crippen LogP contribution in [0.2, 0.25) is 0 Å². The van der Waals surface area contributed by atoms with Gasteiger partial charge in [-0.2, -0.15) is 5.10 Å². The van der Waals surface area contributed by atoms with Crippen molar-refractivity contribution in [1.29, 1.82) is 0 Å². The standard InChI is InChI=1S/C18H16N2O6/c21-17(22)11-25-13-6-2-1-5-12(13)9-19-20-18(23)16-10-24-14-7-3-4-8-15(14)26-16/h1-9,16H,10-11H2,(H,20,23)(H,21,22)/b19-9+/t16-/m1/s1. The minimum absolute atomic E-state index is 0.0800. The number of nitrogens with zero attached hydrogens (tertiary/aromatic N) is 1. The predicted molar refractivity (Wildman–Crippen MR) is 91.7 cm³/mol. The highest BCUT2D eigenvalue weighted by Gasteiger charge is 2.26. The van der Waals surface area contributed by atoms with Gasteiger partial charge in [-0.05, 0) is 24.3 Å². The Labute approximate surface area is 149 Å². The number of carbonyl (C=O) groups is 2. The number of benzene rings is 2. The van der Waals surface area contributed by atoms with Gasteiger partial charge >= 0.3 is 5.97 Å². The lowest BCUT2D eigenvalue weighted by atomic mass is 10.2. The van der Waals surface area contributed by atoms with Crippen molar-refractivity contribution in [2.75, 3.05) is 13.2 Å². The van der Waals surface area contributed by atoms with E-state index in [0.29, 0.717) is 22.8 Å². The molecule has 0 radical (unpaired) electrons. The average Bonchev–Trinajstić information content (AvgIpc) is 2.66. The van der Waals surface area contributed by atoms with Gasteiger partial charge in [0.15, 0.2) is 18.1 Å². The van der Waals surface area contributed by atoms with Crippen molar-refractivity contribution in [2.24, 2.45) is 5.10 Å². The highest BCUT2D eigenvalue weighted by molar-refractivity contribution is 5.86. The number of carbonyl (C=O) groups excluding carboxylic acids is 1. The number of aliphatic carboxylic acids is 1. The monoisotopic (exact) mass is 356 g/mol. The number of rotatable bonds is 6. The van der Waals surface area contributed by atoms with Gasteiger partial charge in [0.2, 0.25) is 6.10 Å². The molecule has 0 spiro atoms. The first-order chi connectivity index (χ1) is 12.6. The minimum atomic E-state index is -1.08. The summed E-state index contributed by atoms with van der Waals surface area (Å²) in [5.41, 5.74) is 2.91. The molecule has 0 bridgehead atoms. The molecule has 134 valence electrons. The van der Waals surface area contributed by atoms with Crippen LogP contribution in [0.15, 0.2) is 53.6 Å². The molecule has 0 aromatic heterocycles. The second kappa shape index (κ2) is 8.02. The van der Waals surface area contributed by atoms with Crippen LogP contribution in [-0.4, -0.2) is 42.5 Å². The zero-order chi connectivity index (χ0) is 18.4. The van der Waals surface area contributed by atoms with Crippen LogP contribution in [0, 0.1) is 0 Å². The van der Waals surface area contributed by atoms with Crippen molar-refractivity contribution in [1.82, 2.24) is 5.43 Å². The third kappa shape index (κ3) is 4.29. The quantitative estimate of drug-likeness (QED) is 0.599. The Bertz CT molecular complexity index is 836. The van der Waals surface area contributed by atoms with E-state index in [4.69, 9.17) is 19.3 Å². The molecule has 26 heavy (non-hydrogen) atoms. The maximum absolute atomic E-state index is 12.2. The number of carboxylic acids is 1. The molecule has 0 aliphatic carbocycles. The molecule has 2 aromatic rings. The average molecular weight is 356 g/mol. The number of para-hydroxylation sites is 3. The van der Waals surface area contributed by atoms with Gasteiger partial charge < -0.3 is 19.3 Å². The number of hydrazone groups is 1. The lowest BCUT2D eigenvalue weighted by Crippen LogP contribution is -2.42. The van der Waals surface area contributed by atoms with Gasteiger partial charge in [-0.3, -0.25) is 4.79 Å². The lowest BCUT2D eigenvalue weighted by Gasteiger charge is -2.24. The number of carboxylic acid groups (broad SMARTS) is 1. The van der Waals surface area contributed by atoms with E-state index in [9.17, 15) is 9.59 Å². The Kier molecular flexibility index (Phi) is 5.33. The zero-order valence-electron chi connectivity index (χ0n) is 13.6. The summed E-state index contributed by atoms with van der Waals surface area (Å²) in [7, 11) is 0. The summed E-state index contributed by atoms with van der Waals surface area (Å²) in [5.74, 6) is -0.113. The summed E-state index contributed by atoms with van der Waals surface area (Å²) in [6.07, 6.45) is 0.549. The van der Waals surface area contributed by atoms with Gasteiger partial charge in [0.1, 0.15) is 12.4 Å². The van der Waals surface area contributed by atoms with Gasteiger partial charge in [-0.1, -0.05) is 24.3 Å². The number of ether oxygens (including phenoxy) is 3. The maximum atomic E-state index is 12.2. The fourth-order valence-electron chi connectivity index (χ4n) is 2.24. The summed E-state index contributed by atoms with van der Waals surface area (Å²) >= 11 is 0. The lowest BCUT2D eigenvalue weighted by molar-refractivity contribution is -0.139. The third-order valence-corrected chi connectivity index (χ3v) is 3.45. The van der Waals surface area contributed by atoms with Gasteiger partial charge in [-0.25, -0.2) is 10.2 Å². The molecule has 0 saturated carbocycles. The molecule has 0 fully saturated rings. The van der Waals surface area contributed by atoms with Crippen LogP contribution in [0.25, 0.3) is 0 Å². The molecule has 2 aromatic carbocycles. The first kappa shape index (κ1) is 17.3. The van der Waals surface area contributed by atoms with Crippen molar-refractivity contribution in [3.05, 3.63) is 54.1 Å². The molecule has 8 nitrogen and oxygen atoms in total. The number of fused-ring (bicyclic) bond motifs is 1. The van der Waals surface area contributed by atoms with E-state index in [1.165, 1.54) is 6.21 Å². The molecule has 2 N–H and O–H groups in total. The largest absolute Gasteiger partial charge is 0.485 e. The summed E-state index contributed by atoms with van der Waals surface area (Å²) < 4.78 is 16.2. The van der Waals surface area contributed by atoms with Crippen LogP contribution in [0.4, 0.5) is 0 Å². The molecule has 8 heteroatoms. The molecule has 3 rings (SSSR count). The van der Waals surface area contributed by atoms with Crippen LogP contribution >= 0.6 is 0 Å². The van der Waals surface area contributed by atoms with Crippen molar-refractivity contribution in [2.45, 2.75) is 6.10 Å². The van der Waals surface area contributed by atoms with Gasteiger partial charge in [0.05, 0.1) is 6.21 Å². The van der Waals surface area contributed by atoms with Gasteiger partial charge in [-0.15, -0.1) is 0 Å².